The van der Waals surface area contributed by atoms with Crippen LogP contribution < -0.4 is 5.73 Å². The summed E-state index contributed by atoms with van der Waals surface area (Å²) in [5, 5.41) is 3.26. The van der Waals surface area contributed by atoms with Crippen LogP contribution in [0.1, 0.15) is 36.1 Å². The molecule has 1 aromatic heterocycles. The molecule has 1 fully saturated rings. The molecule has 2 aliphatic carbocycles. The third-order valence-electron chi connectivity index (χ3n) is 4.15. The Hall–Kier alpha value is -1.19. The van der Waals surface area contributed by atoms with E-state index in [4.69, 9.17) is 10.7 Å². The normalized spacial score (nSPS) is 19.8. The quantitative estimate of drug-likeness (QED) is 0.896. The van der Waals surface area contributed by atoms with E-state index in [-0.39, 0.29) is 5.54 Å². The number of nitrogens with two attached hydrogens (primary N) is 1. The van der Waals surface area contributed by atoms with Crippen molar-refractivity contribution in [3.8, 4) is 10.6 Å². The smallest absolute Gasteiger partial charge is 0.123 e. The number of aryl methyl sites for hydroxylation is 2. The third kappa shape index (κ3) is 1.62. The highest BCUT2D eigenvalue weighted by Crippen LogP contribution is 2.43. The maximum absolute atomic E-state index is 6.19. The van der Waals surface area contributed by atoms with Gasteiger partial charge in [0.25, 0.3) is 0 Å². The first-order chi connectivity index (χ1) is 8.74. The van der Waals surface area contributed by atoms with Gasteiger partial charge >= 0.3 is 0 Å². The summed E-state index contributed by atoms with van der Waals surface area (Å²) >= 11 is 1.72. The first-order valence-electron chi connectivity index (χ1n) is 6.62. The zero-order valence-corrected chi connectivity index (χ0v) is 11.1. The predicted octanol–water partition coefficient (Wildman–Crippen LogP) is 3.25. The second kappa shape index (κ2) is 3.65. The second-order valence-corrected chi connectivity index (χ2v) is 6.39. The zero-order chi connectivity index (χ0) is 12.2. The Morgan fingerprint density at radius 3 is 2.83 bits per heavy atom. The summed E-state index contributed by atoms with van der Waals surface area (Å²) in [6.07, 6.45) is 5.93. The molecule has 0 spiro atoms. The molecule has 1 aromatic carbocycles. The molecule has 0 amide bonds. The molecule has 0 bridgehead atoms. The van der Waals surface area contributed by atoms with Crippen molar-refractivity contribution in [3.05, 3.63) is 40.4 Å². The second-order valence-electron chi connectivity index (χ2n) is 5.53. The lowest BCUT2D eigenvalue weighted by Gasteiger charge is -2.04. The number of nitrogens with zero attached hydrogens (tertiary/aromatic N) is 1. The van der Waals surface area contributed by atoms with E-state index in [9.17, 15) is 0 Å². The van der Waals surface area contributed by atoms with E-state index < -0.39 is 0 Å². The summed E-state index contributed by atoms with van der Waals surface area (Å²) in [4.78, 5) is 4.73. The number of rotatable bonds is 2. The van der Waals surface area contributed by atoms with Gasteiger partial charge in [0.1, 0.15) is 5.01 Å². The summed E-state index contributed by atoms with van der Waals surface area (Å²) < 4.78 is 0. The number of fused-ring (bicyclic) bond motifs is 1. The van der Waals surface area contributed by atoms with Crippen LogP contribution in [0.2, 0.25) is 0 Å². The molecule has 0 atom stereocenters. The molecule has 3 heteroatoms. The molecule has 0 saturated heterocycles. The van der Waals surface area contributed by atoms with Gasteiger partial charge in [-0.1, -0.05) is 12.1 Å². The maximum Gasteiger partial charge on any atom is 0.123 e. The van der Waals surface area contributed by atoms with E-state index in [1.54, 1.807) is 11.3 Å². The highest BCUT2D eigenvalue weighted by molar-refractivity contribution is 7.13. The number of hydrogen-bond donors (Lipinski definition) is 1. The van der Waals surface area contributed by atoms with Crippen molar-refractivity contribution in [2.24, 2.45) is 5.73 Å². The predicted molar refractivity (Wildman–Crippen MR) is 74.7 cm³/mol. The molecule has 2 aromatic rings. The molecule has 2 aliphatic rings. The van der Waals surface area contributed by atoms with Crippen LogP contribution in [0, 0.1) is 0 Å². The Kier molecular flexibility index (Phi) is 2.17. The molecular formula is C15H16N2S. The Labute approximate surface area is 111 Å². The average Bonchev–Trinajstić information content (AvgIpc) is 2.89. The molecule has 4 rings (SSSR count). The van der Waals surface area contributed by atoms with Crippen LogP contribution in [-0.2, 0) is 18.4 Å². The summed E-state index contributed by atoms with van der Waals surface area (Å²) in [5.41, 5.74) is 11.5. The fourth-order valence-corrected chi connectivity index (χ4v) is 3.66. The monoisotopic (exact) mass is 256 g/mol. The highest BCUT2D eigenvalue weighted by atomic mass is 32.1. The van der Waals surface area contributed by atoms with Gasteiger partial charge in [-0.25, -0.2) is 4.98 Å². The van der Waals surface area contributed by atoms with Crippen LogP contribution in [0.25, 0.3) is 10.6 Å². The molecule has 0 unspecified atom stereocenters. The van der Waals surface area contributed by atoms with Gasteiger partial charge in [0.2, 0.25) is 0 Å². The lowest BCUT2D eigenvalue weighted by Crippen LogP contribution is -2.18. The number of thiazole rings is 1. The molecular weight excluding hydrogens is 240 g/mol. The fraction of sp³-hybridized carbons (Fsp3) is 0.400. The van der Waals surface area contributed by atoms with Crippen LogP contribution in [0.15, 0.2) is 23.6 Å². The Bertz CT molecular complexity index is 611. The SMILES string of the molecule is NC1(c2csc(-c3ccc4c(c3)CCC4)n2)CC1. The van der Waals surface area contributed by atoms with E-state index in [2.05, 4.69) is 23.6 Å². The van der Waals surface area contributed by atoms with E-state index in [1.165, 1.54) is 36.0 Å². The number of benzene rings is 1. The van der Waals surface area contributed by atoms with Crippen LogP contribution in [-0.4, -0.2) is 4.98 Å². The summed E-state index contributed by atoms with van der Waals surface area (Å²) in [6.45, 7) is 0. The molecule has 18 heavy (non-hydrogen) atoms. The molecule has 0 radical (unpaired) electrons. The zero-order valence-electron chi connectivity index (χ0n) is 10.3. The van der Waals surface area contributed by atoms with Crippen LogP contribution in [0.4, 0.5) is 0 Å². The van der Waals surface area contributed by atoms with Gasteiger partial charge in [-0.15, -0.1) is 11.3 Å². The van der Waals surface area contributed by atoms with Gasteiger partial charge in [0.15, 0.2) is 0 Å². The van der Waals surface area contributed by atoms with E-state index in [0.717, 1.165) is 23.5 Å². The Morgan fingerprint density at radius 2 is 2.00 bits per heavy atom. The van der Waals surface area contributed by atoms with Crippen molar-refractivity contribution >= 4 is 11.3 Å². The molecule has 1 saturated carbocycles. The van der Waals surface area contributed by atoms with Gasteiger partial charge in [-0.3, -0.25) is 0 Å². The van der Waals surface area contributed by atoms with Crippen LogP contribution in [0.3, 0.4) is 0 Å². The van der Waals surface area contributed by atoms with Crippen molar-refractivity contribution in [1.29, 1.82) is 0 Å². The van der Waals surface area contributed by atoms with Gasteiger partial charge in [-0.2, -0.15) is 0 Å². The Morgan fingerprint density at radius 1 is 1.17 bits per heavy atom. The summed E-state index contributed by atoms with van der Waals surface area (Å²) in [7, 11) is 0. The fourth-order valence-electron chi connectivity index (χ4n) is 2.73. The molecule has 92 valence electrons. The standard InChI is InChI=1S/C15H16N2S/c16-15(6-7-15)13-9-18-14(17-13)12-5-4-10-2-1-3-11(10)8-12/h4-5,8-9H,1-3,6-7,16H2. The van der Waals surface area contributed by atoms with Crippen molar-refractivity contribution in [2.75, 3.05) is 0 Å². The average molecular weight is 256 g/mol. The minimum Gasteiger partial charge on any atom is -0.320 e. The molecule has 2 nitrogen and oxygen atoms in total. The lowest BCUT2D eigenvalue weighted by molar-refractivity contribution is 0.715. The van der Waals surface area contributed by atoms with E-state index in [0.29, 0.717) is 0 Å². The van der Waals surface area contributed by atoms with Crippen LogP contribution >= 0.6 is 11.3 Å². The summed E-state index contributed by atoms with van der Waals surface area (Å²) in [6, 6.07) is 6.80. The highest BCUT2D eigenvalue weighted by Gasteiger charge is 2.42. The minimum atomic E-state index is -0.106. The third-order valence-corrected chi connectivity index (χ3v) is 5.04. The molecule has 2 N–H and O–H groups in total. The minimum absolute atomic E-state index is 0.106. The van der Waals surface area contributed by atoms with Crippen molar-refractivity contribution in [3.63, 3.8) is 0 Å². The topological polar surface area (TPSA) is 38.9 Å². The Balaban J connectivity index is 1.72. The largest absolute Gasteiger partial charge is 0.320 e. The lowest BCUT2D eigenvalue weighted by atomic mass is 10.1. The van der Waals surface area contributed by atoms with Crippen molar-refractivity contribution in [1.82, 2.24) is 4.98 Å². The number of hydrogen-bond acceptors (Lipinski definition) is 3. The van der Waals surface area contributed by atoms with Crippen LogP contribution in [0.5, 0.6) is 0 Å². The summed E-state index contributed by atoms with van der Waals surface area (Å²) in [5.74, 6) is 0. The van der Waals surface area contributed by atoms with E-state index in [1.807, 2.05) is 0 Å². The van der Waals surface area contributed by atoms with Gasteiger partial charge in [0, 0.05) is 10.9 Å². The molecule has 0 aliphatic heterocycles. The molecule has 1 heterocycles. The first kappa shape index (κ1) is 10.7. The van der Waals surface area contributed by atoms with Gasteiger partial charge < -0.3 is 5.73 Å². The van der Waals surface area contributed by atoms with Gasteiger partial charge in [0.05, 0.1) is 11.2 Å². The van der Waals surface area contributed by atoms with Crippen molar-refractivity contribution < 1.29 is 0 Å². The number of aromatic nitrogens is 1. The van der Waals surface area contributed by atoms with E-state index >= 15 is 0 Å². The first-order valence-corrected chi connectivity index (χ1v) is 7.50. The van der Waals surface area contributed by atoms with Crippen molar-refractivity contribution in [2.45, 2.75) is 37.6 Å². The maximum atomic E-state index is 6.19. The van der Waals surface area contributed by atoms with Gasteiger partial charge in [-0.05, 0) is 49.3 Å².